The van der Waals surface area contributed by atoms with Crippen LogP contribution in [0.1, 0.15) is 13.8 Å². The van der Waals surface area contributed by atoms with Crippen molar-refractivity contribution in [1.82, 2.24) is 14.9 Å². The second-order valence-corrected chi connectivity index (χ2v) is 9.15. The molecule has 0 aliphatic carbocycles. The molecule has 2 aromatic carbocycles. The van der Waals surface area contributed by atoms with E-state index < -0.39 is 17.5 Å². The van der Waals surface area contributed by atoms with Crippen LogP contribution in [0.15, 0.2) is 30.5 Å². The van der Waals surface area contributed by atoms with Gasteiger partial charge in [0.2, 0.25) is 5.95 Å². The van der Waals surface area contributed by atoms with Gasteiger partial charge in [0.15, 0.2) is 11.6 Å². The number of nitrogens with one attached hydrogen (secondary N) is 2. The molecule has 3 aromatic rings. The van der Waals surface area contributed by atoms with Gasteiger partial charge in [-0.25, -0.2) is 18.2 Å². The van der Waals surface area contributed by atoms with E-state index in [2.05, 4.69) is 20.5 Å². The fourth-order valence-electron chi connectivity index (χ4n) is 4.61. The molecule has 0 spiro atoms. The molecule has 2 N–H and O–H groups in total. The molecule has 35 heavy (non-hydrogen) atoms. The standard InChI is InChI=1S/C25H29F3N6O/c1-15(2)34-8-9-35-24-19(28)10-16(11-23(24)34)21-14-32(3)25(31-21)30-20-12-18(27)22(13-17(20)26)33-6-4-29-5-7-33/h10-15,29H,4-9H2,1-3H3,(H,30,31). The monoisotopic (exact) mass is 486 g/mol. The third-order valence-electron chi connectivity index (χ3n) is 6.45. The number of nitrogens with zero attached hydrogens (tertiary/aromatic N) is 4. The molecular weight excluding hydrogens is 457 g/mol. The predicted octanol–water partition coefficient (Wildman–Crippen LogP) is 4.26. The van der Waals surface area contributed by atoms with Crippen LogP contribution in [0.3, 0.4) is 0 Å². The Balaban J connectivity index is 1.43. The van der Waals surface area contributed by atoms with Crippen molar-refractivity contribution in [3.05, 3.63) is 47.9 Å². The molecule has 0 bridgehead atoms. The lowest BCUT2D eigenvalue weighted by atomic mass is 10.1. The molecule has 2 aliphatic heterocycles. The average Bonchev–Trinajstić information content (AvgIpc) is 3.21. The number of imidazole rings is 1. The maximum Gasteiger partial charge on any atom is 0.207 e. The molecule has 3 heterocycles. The van der Waals surface area contributed by atoms with Crippen molar-refractivity contribution >= 4 is 23.0 Å². The zero-order valence-electron chi connectivity index (χ0n) is 20.0. The molecule has 0 atom stereocenters. The van der Waals surface area contributed by atoms with Gasteiger partial charge in [-0.15, -0.1) is 0 Å². The van der Waals surface area contributed by atoms with Crippen LogP contribution in [0.5, 0.6) is 5.75 Å². The maximum atomic E-state index is 14.9. The number of piperazine rings is 1. The molecule has 10 heteroatoms. The van der Waals surface area contributed by atoms with E-state index in [0.717, 1.165) is 19.2 Å². The van der Waals surface area contributed by atoms with Gasteiger partial charge in [0.1, 0.15) is 18.2 Å². The minimum Gasteiger partial charge on any atom is -0.486 e. The summed E-state index contributed by atoms with van der Waals surface area (Å²) in [6.45, 7) is 7.85. The van der Waals surface area contributed by atoms with Gasteiger partial charge in [0.25, 0.3) is 0 Å². The molecule has 0 radical (unpaired) electrons. The highest BCUT2D eigenvalue weighted by atomic mass is 19.1. The van der Waals surface area contributed by atoms with Crippen LogP contribution in [-0.4, -0.2) is 54.9 Å². The van der Waals surface area contributed by atoms with E-state index in [1.54, 1.807) is 17.8 Å². The highest BCUT2D eigenvalue weighted by Gasteiger charge is 2.25. The van der Waals surface area contributed by atoms with Crippen LogP contribution in [-0.2, 0) is 7.05 Å². The zero-order valence-corrected chi connectivity index (χ0v) is 20.0. The van der Waals surface area contributed by atoms with E-state index in [4.69, 9.17) is 4.74 Å². The number of aryl methyl sites for hydroxylation is 1. The first-order valence-electron chi connectivity index (χ1n) is 11.8. The van der Waals surface area contributed by atoms with Gasteiger partial charge in [-0.1, -0.05) is 0 Å². The summed E-state index contributed by atoms with van der Waals surface area (Å²) in [6.07, 6.45) is 1.72. The lowest BCUT2D eigenvalue weighted by Gasteiger charge is -2.34. The number of rotatable bonds is 5. The van der Waals surface area contributed by atoms with Crippen molar-refractivity contribution < 1.29 is 17.9 Å². The summed E-state index contributed by atoms with van der Waals surface area (Å²) in [4.78, 5) is 8.45. The summed E-state index contributed by atoms with van der Waals surface area (Å²) in [7, 11) is 1.74. The first-order chi connectivity index (χ1) is 16.8. The van der Waals surface area contributed by atoms with E-state index in [-0.39, 0.29) is 23.2 Å². The molecule has 2 aliphatic rings. The van der Waals surface area contributed by atoms with Crippen molar-refractivity contribution in [2.24, 2.45) is 7.05 Å². The fraction of sp³-hybridized carbons (Fsp3) is 0.400. The summed E-state index contributed by atoms with van der Waals surface area (Å²) in [5.41, 5.74) is 1.98. The van der Waals surface area contributed by atoms with Crippen LogP contribution in [0, 0.1) is 17.5 Å². The van der Waals surface area contributed by atoms with Crippen molar-refractivity contribution in [1.29, 1.82) is 0 Å². The molecule has 186 valence electrons. The van der Waals surface area contributed by atoms with Gasteiger partial charge < -0.3 is 29.7 Å². The Kier molecular flexibility index (Phi) is 6.22. The summed E-state index contributed by atoms with van der Waals surface area (Å²) in [6, 6.07) is 5.78. The topological polar surface area (TPSA) is 57.6 Å². The molecular formula is C25H29F3N6O. The van der Waals surface area contributed by atoms with Gasteiger partial charge in [0.05, 0.1) is 29.3 Å². The number of benzene rings is 2. The number of ether oxygens (including phenoxy) is 1. The average molecular weight is 487 g/mol. The number of hydrogen-bond acceptors (Lipinski definition) is 6. The van der Waals surface area contributed by atoms with Crippen LogP contribution >= 0.6 is 0 Å². The molecule has 1 saturated heterocycles. The lowest BCUT2D eigenvalue weighted by Crippen LogP contribution is -2.43. The van der Waals surface area contributed by atoms with E-state index in [0.29, 0.717) is 49.1 Å². The minimum absolute atomic E-state index is 0.0161. The Morgan fingerprint density at radius 3 is 2.49 bits per heavy atom. The SMILES string of the molecule is CC(C)N1CCOc2c(F)cc(-c3cn(C)c(Nc4cc(F)c(N5CCNCC5)cc4F)n3)cc21. The zero-order chi connectivity index (χ0) is 24.7. The number of aromatic nitrogens is 2. The molecule has 5 rings (SSSR count). The fourth-order valence-corrected chi connectivity index (χ4v) is 4.61. The van der Waals surface area contributed by atoms with Crippen molar-refractivity contribution in [2.75, 3.05) is 54.4 Å². The number of hydrogen-bond donors (Lipinski definition) is 2. The van der Waals surface area contributed by atoms with Gasteiger partial charge in [0, 0.05) is 63.2 Å². The first kappa shape index (κ1) is 23.3. The maximum absolute atomic E-state index is 14.9. The van der Waals surface area contributed by atoms with E-state index in [9.17, 15) is 13.2 Å². The number of anilines is 4. The van der Waals surface area contributed by atoms with Gasteiger partial charge in [-0.05, 0) is 26.0 Å². The Morgan fingerprint density at radius 1 is 0.971 bits per heavy atom. The molecule has 1 fully saturated rings. The second-order valence-electron chi connectivity index (χ2n) is 9.15. The van der Waals surface area contributed by atoms with Gasteiger partial charge in [-0.2, -0.15) is 0 Å². The Morgan fingerprint density at radius 2 is 1.74 bits per heavy atom. The van der Waals surface area contributed by atoms with Crippen molar-refractivity contribution in [3.63, 3.8) is 0 Å². The summed E-state index contributed by atoms with van der Waals surface area (Å²) >= 11 is 0. The van der Waals surface area contributed by atoms with E-state index >= 15 is 0 Å². The van der Waals surface area contributed by atoms with Crippen molar-refractivity contribution in [3.8, 4) is 17.0 Å². The number of fused-ring (bicyclic) bond motifs is 1. The summed E-state index contributed by atoms with van der Waals surface area (Å²) in [5, 5.41) is 6.08. The van der Waals surface area contributed by atoms with Crippen molar-refractivity contribution in [2.45, 2.75) is 19.9 Å². The Bertz CT molecular complexity index is 1240. The third kappa shape index (κ3) is 4.50. The minimum atomic E-state index is -0.575. The smallest absolute Gasteiger partial charge is 0.207 e. The molecule has 7 nitrogen and oxygen atoms in total. The highest BCUT2D eigenvalue weighted by Crippen LogP contribution is 2.39. The van der Waals surface area contributed by atoms with Crippen LogP contribution in [0.4, 0.5) is 36.2 Å². The normalized spacial score (nSPS) is 15.9. The molecule has 0 saturated carbocycles. The summed E-state index contributed by atoms with van der Waals surface area (Å²) in [5.74, 6) is -0.988. The number of halogens is 3. The quantitative estimate of drug-likeness (QED) is 0.562. The van der Waals surface area contributed by atoms with Gasteiger partial charge in [-0.3, -0.25) is 0 Å². The van der Waals surface area contributed by atoms with E-state index in [1.807, 2.05) is 24.8 Å². The third-order valence-corrected chi connectivity index (χ3v) is 6.45. The second kappa shape index (κ2) is 9.33. The first-order valence-corrected chi connectivity index (χ1v) is 11.8. The molecule has 1 aromatic heterocycles. The molecule has 0 amide bonds. The van der Waals surface area contributed by atoms with Gasteiger partial charge >= 0.3 is 0 Å². The van der Waals surface area contributed by atoms with E-state index in [1.165, 1.54) is 12.1 Å². The highest BCUT2D eigenvalue weighted by molar-refractivity contribution is 5.73. The predicted molar refractivity (Wildman–Crippen MR) is 131 cm³/mol. The van der Waals surface area contributed by atoms with Crippen LogP contribution in [0.25, 0.3) is 11.3 Å². The Hall–Kier alpha value is -3.40. The van der Waals surface area contributed by atoms with Crippen LogP contribution < -0.4 is 25.2 Å². The largest absolute Gasteiger partial charge is 0.486 e. The van der Waals surface area contributed by atoms with Crippen LogP contribution in [0.2, 0.25) is 0 Å². The Labute approximate surface area is 202 Å². The molecule has 0 unspecified atom stereocenters. The lowest BCUT2D eigenvalue weighted by molar-refractivity contribution is 0.287. The summed E-state index contributed by atoms with van der Waals surface area (Å²) < 4.78 is 51.9.